The van der Waals surface area contributed by atoms with Gasteiger partial charge in [0.1, 0.15) is 5.01 Å². The first-order valence-corrected chi connectivity index (χ1v) is 8.45. The molecule has 0 aliphatic heterocycles. The van der Waals surface area contributed by atoms with Crippen LogP contribution in [0.5, 0.6) is 0 Å². The summed E-state index contributed by atoms with van der Waals surface area (Å²) in [7, 11) is 0. The molecule has 4 heteroatoms. The van der Waals surface area contributed by atoms with Gasteiger partial charge in [-0.15, -0.1) is 10.2 Å². The van der Waals surface area contributed by atoms with Crippen LogP contribution in [0.15, 0.2) is 0 Å². The summed E-state index contributed by atoms with van der Waals surface area (Å²) in [5.74, 6) is 2.41. The van der Waals surface area contributed by atoms with Gasteiger partial charge in [-0.2, -0.15) is 0 Å². The molecule has 108 valence electrons. The molecule has 19 heavy (non-hydrogen) atoms. The van der Waals surface area contributed by atoms with Gasteiger partial charge < -0.3 is 5.32 Å². The van der Waals surface area contributed by atoms with Crippen molar-refractivity contribution in [2.45, 2.75) is 65.8 Å². The number of rotatable bonds is 5. The molecular formula is C15H27N3S. The second kappa shape index (κ2) is 6.69. The lowest BCUT2D eigenvalue weighted by molar-refractivity contribution is 0.267. The summed E-state index contributed by atoms with van der Waals surface area (Å²) in [4.78, 5) is 0. The number of hydrogen-bond acceptors (Lipinski definition) is 4. The molecule has 0 saturated heterocycles. The van der Waals surface area contributed by atoms with E-state index in [1.807, 2.05) is 0 Å². The van der Waals surface area contributed by atoms with E-state index in [0.717, 1.165) is 28.4 Å². The normalized spacial score (nSPS) is 24.1. The van der Waals surface area contributed by atoms with Gasteiger partial charge in [0, 0.05) is 12.5 Å². The van der Waals surface area contributed by atoms with Crippen molar-refractivity contribution >= 4 is 16.5 Å². The Kier molecular flexibility index (Phi) is 5.20. The number of anilines is 1. The van der Waals surface area contributed by atoms with E-state index in [1.165, 1.54) is 25.7 Å². The first-order valence-electron chi connectivity index (χ1n) is 7.63. The molecule has 0 spiro atoms. The molecule has 0 amide bonds. The van der Waals surface area contributed by atoms with E-state index >= 15 is 0 Å². The number of nitrogens with zero attached hydrogens (tertiary/aromatic N) is 2. The zero-order valence-electron chi connectivity index (χ0n) is 12.6. The maximum Gasteiger partial charge on any atom is 0.205 e. The molecule has 1 aliphatic rings. The fourth-order valence-electron chi connectivity index (χ4n) is 2.85. The number of aromatic nitrogens is 2. The Bertz CT molecular complexity index is 378. The van der Waals surface area contributed by atoms with E-state index < -0.39 is 0 Å². The lowest BCUT2D eigenvalue weighted by Gasteiger charge is -2.31. The van der Waals surface area contributed by atoms with Gasteiger partial charge in [-0.3, -0.25) is 0 Å². The van der Waals surface area contributed by atoms with Gasteiger partial charge in [-0.05, 0) is 43.4 Å². The van der Waals surface area contributed by atoms with Gasteiger partial charge in [0.2, 0.25) is 5.13 Å². The molecule has 1 aliphatic carbocycles. The molecule has 1 fully saturated rings. The highest BCUT2D eigenvalue weighted by atomic mass is 32.1. The Labute approximate surface area is 121 Å². The smallest absolute Gasteiger partial charge is 0.205 e. The Balaban J connectivity index is 1.80. The summed E-state index contributed by atoms with van der Waals surface area (Å²) in [5.41, 5.74) is 0. The van der Waals surface area contributed by atoms with Crippen molar-refractivity contribution in [3.8, 4) is 0 Å². The van der Waals surface area contributed by atoms with E-state index in [1.54, 1.807) is 11.3 Å². The van der Waals surface area contributed by atoms with Crippen molar-refractivity contribution in [3.63, 3.8) is 0 Å². The average Bonchev–Trinajstić information content (AvgIpc) is 2.76. The van der Waals surface area contributed by atoms with Crippen LogP contribution in [0, 0.1) is 17.8 Å². The van der Waals surface area contributed by atoms with Crippen LogP contribution in [0.4, 0.5) is 5.13 Å². The molecule has 1 heterocycles. The van der Waals surface area contributed by atoms with E-state index in [4.69, 9.17) is 0 Å². The molecule has 0 unspecified atom stereocenters. The van der Waals surface area contributed by atoms with Crippen molar-refractivity contribution in [2.24, 2.45) is 17.8 Å². The van der Waals surface area contributed by atoms with E-state index in [-0.39, 0.29) is 0 Å². The molecule has 0 aromatic carbocycles. The van der Waals surface area contributed by atoms with Gasteiger partial charge >= 0.3 is 0 Å². The predicted octanol–water partition coefficient (Wildman–Crippen LogP) is 4.36. The first-order chi connectivity index (χ1) is 9.04. The van der Waals surface area contributed by atoms with Crippen LogP contribution in [0.3, 0.4) is 0 Å². The molecule has 1 aromatic heterocycles. The predicted molar refractivity (Wildman–Crippen MR) is 82.7 cm³/mol. The zero-order valence-corrected chi connectivity index (χ0v) is 13.5. The Morgan fingerprint density at radius 1 is 1.11 bits per heavy atom. The molecule has 3 nitrogen and oxygen atoms in total. The van der Waals surface area contributed by atoms with E-state index in [2.05, 4.69) is 43.2 Å². The lowest BCUT2D eigenvalue weighted by atomic mass is 9.80. The maximum absolute atomic E-state index is 4.27. The molecular weight excluding hydrogens is 254 g/mol. The molecule has 1 aromatic rings. The Morgan fingerprint density at radius 3 is 2.37 bits per heavy atom. The summed E-state index contributed by atoms with van der Waals surface area (Å²) in [6.45, 7) is 9.14. The fraction of sp³-hybridized carbons (Fsp3) is 0.867. The molecule has 0 bridgehead atoms. The number of nitrogens with one attached hydrogen (secondary N) is 1. The monoisotopic (exact) mass is 281 g/mol. The average molecular weight is 281 g/mol. The van der Waals surface area contributed by atoms with Crippen molar-refractivity contribution in [1.29, 1.82) is 0 Å². The quantitative estimate of drug-likeness (QED) is 0.871. The standard InChI is InChI=1S/C15H27N3S/c1-10(2)9-14-17-18-15(19-14)16-13-7-5-12(6-8-13)11(3)4/h10-13H,5-9H2,1-4H3,(H,16,18). The summed E-state index contributed by atoms with van der Waals surface area (Å²) in [6.07, 6.45) is 6.31. The molecule has 2 rings (SSSR count). The van der Waals surface area contributed by atoms with E-state index in [0.29, 0.717) is 12.0 Å². The maximum atomic E-state index is 4.27. The van der Waals surface area contributed by atoms with Crippen LogP contribution < -0.4 is 5.32 Å². The third-order valence-corrected chi connectivity index (χ3v) is 4.97. The van der Waals surface area contributed by atoms with Crippen molar-refractivity contribution < 1.29 is 0 Å². The zero-order chi connectivity index (χ0) is 13.8. The summed E-state index contributed by atoms with van der Waals surface area (Å²) in [6, 6.07) is 0.606. The van der Waals surface area contributed by atoms with Crippen LogP contribution in [0.1, 0.15) is 58.4 Å². The van der Waals surface area contributed by atoms with E-state index in [9.17, 15) is 0 Å². The minimum Gasteiger partial charge on any atom is -0.357 e. The van der Waals surface area contributed by atoms with Gasteiger partial charge in [-0.1, -0.05) is 39.0 Å². The summed E-state index contributed by atoms with van der Waals surface area (Å²) >= 11 is 1.73. The SMILES string of the molecule is CC(C)Cc1nnc(NC2CCC(C(C)C)CC2)s1. The summed E-state index contributed by atoms with van der Waals surface area (Å²) < 4.78 is 0. The topological polar surface area (TPSA) is 37.8 Å². The van der Waals surface area contributed by atoms with Crippen molar-refractivity contribution in [1.82, 2.24) is 10.2 Å². The Hall–Kier alpha value is -0.640. The van der Waals surface area contributed by atoms with Gasteiger partial charge in [0.15, 0.2) is 0 Å². The van der Waals surface area contributed by atoms with Crippen LogP contribution >= 0.6 is 11.3 Å². The summed E-state index contributed by atoms with van der Waals surface area (Å²) in [5, 5.41) is 14.3. The van der Waals surface area contributed by atoms with Crippen LogP contribution in [0.25, 0.3) is 0 Å². The first kappa shape index (κ1) is 14.8. The van der Waals surface area contributed by atoms with Crippen LogP contribution in [-0.2, 0) is 6.42 Å². The minimum atomic E-state index is 0.606. The highest BCUT2D eigenvalue weighted by molar-refractivity contribution is 7.15. The lowest BCUT2D eigenvalue weighted by Crippen LogP contribution is -2.27. The molecule has 1 saturated carbocycles. The van der Waals surface area contributed by atoms with Crippen molar-refractivity contribution in [2.75, 3.05) is 5.32 Å². The highest BCUT2D eigenvalue weighted by Crippen LogP contribution is 2.31. The second-order valence-corrected chi connectivity index (χ2v) is 7.66. The highest BCUT2D eigenvalue weighted by Gasteiger charge is 2.23. The van der Waals surface area contributed by atoms with Crippen LogP contribution in [-0.4, -0.2) is 16.2 Å². The number of hydrogen-bond donors (Lipinski definition) is 1. The Morgan fingerprint density at radius 2 is 1.79 bits per heavy atom. The molecule has 1 N–H and O–H groups in total. The molecule has 0 radical (unpaired) electrons. The minimum absolute atomic E-state index is 0.606. The molecule has 0 atom stereocenters. The third kappa shape index (κ3) is 4.44. The van der Waals surface area contributed by atoms with Gasteiger partial charge in [0.05, 0.1) is 0 Å². The van der Waals surface area contributed by atoms with Gasteiger partial charge in [-0.25, -0.2) is 0 Å². The second-order valence-electron chi connectivity index (χ2n) is 6.60. The fourth-order valence-corrected chi connectivity index (χ4v) is 3.88. The van der Waals surface area contributed by atoms with Crippen LogP contribution in [0.2, 0.25) is 0 Å². The third-order valence-electron chi connectivity index (χ3n) is 4.09. The van der Waals surface area contributed by atoms with Crippen molar-refractivity contribution in [3.05, 3.63) is 5.01 Å². The van der Waals surface area contributed by atoms with Gasteiger partial charge in [0.25, 0.3) is 0 Å². The largest absolute Gasteiger partial charge is 0.357 e.